The number of carbonyl (C=O) groups is 2. The van der Waals surface area contributed by atoms with E-state index in [2.05, 4.69) is 5.32 Å². The summed E-state index contributed by atoms with van der Waals surface area (Å²) in [6.45, 7) is 1.60. The van der Waals surface area contributed by atoms with Gasteiger partial charge in [-0.2, -0.15) is 0 Å². The second kappa shape index (κ2) is 7.44. The van der Waals surface area contributed by atoms with E-state index in [4.69, 9.17) is 4.74 Å². The number of esters is 1. The number of carbonyl (C=O) groups excluding carboxylic acids is 2. The number of nitrogens with one attached hydrogen (secondary N) is 1. The molecule has 25 heavy (non-hydrogen) atoms. The average Bonchev–Trinajstić information content (AvgIpc) is 3.06. The molecule has 4 nitrogen and oxygen atoms in total. The van der Waals surface area contributed by atoms with E-state index in [1.54, 1.807) is 18.2 Å². The van der Waals surface area contributed by atoms with Crippen LogP contribution in [-0.2, 0) is 16.0 Å². The molecule has 0 unspecified atom stereocenters. The summed E-state index contributed by atoms with van der Waals surface area (Å²) in [7, 11) is 0. The third-order valence-corrected chi connectivity index (χ3v) is 4.80. The van der Waals surface area contributed by atoms with E-state index in [1.807, 2.05) is 25.1 Å². The summed E-state index contributed by atoms with van der Waals surface area (Å²) in [5.41, 5.74) is 1.71. The first-order chi connectivity index (χ1) is 12.1. The quantitative estimate of drug-likeness (QED) is 0.689. The Morgan fingerprint density at radius 3 is 2.72 bits per heavy atom. The van der Waals surface area contributed by atoms with Gasteiger partial charge in [0.25, 0.3) is 5.91 Å². The smallest absolute Gasteiger partial charge is 0.348 e. The first-order valence-corrected chi connectivity index (χ1v) is 8.63. The molecule has 0 spiro atoms. The maximum absolute atomic E-state index is 13.7. The number of rotatable bonds is 5. The Hall–Kier alpha value is -2.73. The van der Waals surface area contributed by atoms with E-state index in [0.29, 0.717) is 15.8 Å². The second-order valence-corrected chi connectivity index (χ2v) is 6.48. The third-order valence-electron chi connectivity index (χ3n) is 3.72. The molecule has 0 fully saturated rings. The molecule has 1 N–H and O–H groups in total. The molecule has 6 heteroatoms. The van der Waals surface area contributed by atoms with Crippen LogP contribution < -0.4 is 5.32 Å². The van der Waals surface area contributed by atoms with Crippen molar-refractivity contribution < 1.29 is 18.7 Å². The molecule has 0 aliphatic rings. The van der Waals surface area contributed by atoms with Crippen LogP contribution in [0.15, 0.2) is 48.5 Å². The molecule has 3 aromatic rings. The summed E-state index contributed by atoms with van der Waals surface area (Å²) >= 11 is 1.14. The van der Waals surface area contributed by atoms with Gasteiger partial charge >= 0.3 is 5.97 Å². The average molecular weight is 357 g/mol. The second-order valence-electron chi connectivity index (χ2n) is 5.40. The molecule has 0 atom stereocenters. The summed E-state index contributed by atoms with van der Waals surface area (Å²) in [6.07, 6.45) is 0.781. The largest absolute Gasteiger partial charge is 0.451 e. The van der Waals surface area contributed by atoms with E-state index >= 15 is 0 Å². The maximum atomic E-state index is 13.7. The minimum atomic E-state index is -0.639. The van der Waals surface area contributed by atoms with Crippen molar-refractivity contribution in [3.63, 3.8) is 0 Å². The number of anilines is 1. The molecule has 1 aromatic heterocycles. The van der Waals surface area contributed by atoms with Crippen LogP contribution in [0.1, 0.15) is 22.2 Å². The lowest BCUT2D eigenvalue weighted by atomic mass is 10.1. The van der Waals surface area contributed by atoms with Gasteiger partial charge in [0.15, 0.2) is 6.61 Å². The predicted molar refractivity (Wildman–Crippen MR) is 96.5 cm³/mol. The third kappa shape index (κ3) is 3.85. The van der Waals surface area contributed by atoms with Crippen LogP contribution in [0.4, 0.5) is 10.1 Å². The van der Waals surface area contributed by atoms with Gasteiger partial charge in [-0.05, 0) is 36.2 Å². The summed E-state index contributed by atoms with van der Waals surface area (Å²) < 4.78 is 19.4. The highest BCUT2D eigenvalue weighted by Crippen LogP contribution is 2.28. The van der Waals surface area contributed by atoms with E-state index in [9.17, 15) is 14.0 Å². The first kappa shape index (κ1) is 17.1. The minimum Gasteiger partial charge on any atom is -0.451 e. The summed E-state index contributed by atoms with van der Waals surface area (Å²) in [6, 6.07) is 13.5. The SMILES string of the molecule is CCc1ccccc1NC(=O)COC(=O)c1cc2c(F)cccc2s1. The zero-order valence-corrected chi connectivity index (χ0v) is 14.4. The first-order valence-electron chi connectivity index (χ1n) is 7.81. The van der Waals surface area contributed by atoms with Crippen LogP contribution in [0.5, 0.6) is 0 Å². The molecular weight excluding hydrogens is 341 g/mol. The number of ether oxygens (including phenoxy) is 1. The van der Waals surface area contributed by atoms with Gasteiger partial charge in [-0.25, -0.2) is 9.18 Å². The van der Waals surface area contributed by atoms with Gasteiger partial charge in [-0.3, -0.25) is 4.79 Å². The Bertz CT molecular complexity index is 935. The predicted octanol–water partition coefficient (Wildman–Crippen LogP) is 4.40. The number of hydrogen-bond donors (Lipinski definition) is 1. The Morgan fingerprint density at radius 2 is 1.96 bits per heavy atom. The van der Waals surface area contributed by atoms with Gasteiger partial charge in [0.1, 0.15) is 10.7 Å². The lowest BCUT2D eigenvalue weighted by Gasteiger charge is -2.09. The number of thiophene rings is 1. The van der Waals surface area contributed by atoms with Crippen LogP contribution in [0.25, 0.3) is 10.1 Å². The van der Waals surface area contributed by atoms with Crippen LogP contribution in [-0.4, -0.2) is 18.5 Å². The fourth-order valence-corrected chi connectivity index (χ4v) is 3.43. The molecule has 0 bridgehead atoms. The Morgan fingerprint density at radius 1 is 1.16 bits per heavy atom. The van der Waals surface area contributed by atoms with Crippen molar-refractivity contribution >= 4 is 39.0 Å². The molecule has 0 saturated carbocycles. The van der Waals surface area contributed by atoms with Gasteiger partial charge in [0.05, 0.1) is 0 Å². The molecule has 1 heterocycles. The van der Waals surface area contributed by atoms with Gasteiger partial charge in [0, 0.05) is 15.8 Å². The van der Waals surface area contributed by atoms with Crippen LogP contribution in [0.3, 0.4) is 0 Å². The number of para-hydroxylation sites is 1. The number of hydrogen-bond acceptors (Lipinski definition) is 4. The molecule has 2 aromatic carbocycles. The van der Waals surface area contributed by atoms with E-state index in [-0.39, 0.29) is 10.7 Å². The Labute approximate surface area is 148 Å². The van der Waals surface area contributed by atoms with Crippen molar-refractivity contribution in [3.05, 3.63) is 64.8 Å². The molecule has 0 aliphatic heterocycles. The Kier molecular flexibility index (Phi) is 5.09. The lowest BCUT2D eigenvalue weighted by Crippen LogP contribution is -2.21. The molecule has 128 valence electrons. The van der Waals surface area contributed by atoms with Crippen LogP contribution in [0, 0.1) is 5.82 Å². The molecular formula is C19H16FNO3S. The van der Waals surface area contributed by atoms with Gasteiger partial charge in [0.2, 0.25) is 0 Å². The number of halogens is 1. The van der Waals surface area contributed by atoms with Crippen molar-refractivity contribution in [3.8, 4) is 0 Å². The monoisotopic (exact) mass is 357 g/mol. The molecule has 0 aliphatic carbocycles. The van der Waals surface area contributed by atoms with Crippen molar-refractivity contribution in [1.82, 2.24) is 0 Å². The van der Waals surface area contributed by atoms with Crippen molar-refractivity contribution in [2.45, 2.75) is 13.3 Å². The number of amides is 1. The highest BCUT2D eigenvalue weighted by molar-refractivity contribution is 7.20. The minimum absolute atomic E-state index is 0.266. The molecule has 0 radical (unpaired) electrons. The fourth-order valence-electron chi connectivity index (χ4n) is 2.46. The Balaban J connectivity index is 1.63. The van der Waals surface area contributed by atoms with Crippen LogP contribution in [0.2, 0.25) is 0 Å². The normalized spacial score (nSPS) is 10.6. The van der Waals surface area contributed by atoms with Crippen LogP contribution >= 0.6 is 11.3 Å². The highest BCUT2D eigenvalue weighted by Gasteiger charge is 2.15. The maximum Gasteiger partial charge on any atom is 0.348 e. The van der Waals surface area contributed by atoms with E-state index in [0.717, 1.165) is 23.3 Å². The van der Waals surface area contributed by atoms with Crippen molar-refractivity contribution in [2.24, 2.45) is 0 Å². The molecule has 0 saturated heterocycles. The van der Waals surface area contributed by atoms with Crippen molar-refractivity contribution in [2.75, 3.05) is 11.9 Å². The zero-order valence-electron chi connectivity index (χ0n) is 13.5. The van der Waals surface area contributed by atoms with Gasteiger partial charge < -0.3 is 10.1 Å². The highest BCUT2D eigenvalue weighted by atomic mass is 32.1. The summed E-state index contributed by atoms with van der Waals surface area (Å²) in [5.74, 6) is -1.44. The summed E-state index contributed by atoms with van der Waals surface area (Å²) in [5, 5.41) is 3.11. The van der Waals surface area contributed by atoms with E-state index < -0.39 is 18.5 Å². The van der Waals surface area contributed by atoms with Gasteiger partial charge in [-0.1, -0.05) is 31.2 Å². The number of aryl methyl sites for hydroxylation is 1. The summed E-state index contributed by atoms with van der Waals surface area (Å²) in [4.78, 5) is 24.4. The lowest BCUT2D eigenvalue weighted by molar-refractivity contribution is -0.119. The van der Waals surface area contributed by atoms with Crippen molar-refractivity contribution in [1.29, 1.82) is 0 Å². The zero-order chi connectivity index (χ0) is 17.8. The molecule has 1 amide bonds. The number of fused-ring (bicyclic) bond motifs is 1. The topological polar surface area (TPSA) is 55.4 Å². The molecule has 3 rings (SSSR count). The number of benzene rings is 2. The van der Waals surface area contributed by atoms with Gasteiger partial charge in [-0.15, -0.1) is 11.3 Å². The fraction of sp³-hybridized carbons (Fsp3) is 0.158. The standard InChI is InChI=1S/C19H16FNO3S/c1-2-12-6-3-4-8-15(12)21-18(22)11-24-19(23)17-10-13-14(20)7-5-9-16(13)25-17/h3-10H,2,11H2,1H3,(H,21,22). The van der Waals surface area contributed by atoms with E-state index in [1.165, 1.54) is 12.1 Å².